The summed E-state index contributed by atoms with van der Waals surface area (Å²) in [5.74, 6) is 0.714. The number of halogens is 1. The van der Waals surface area contributed by atoms with Crippen molar-refractivity contribution in [3.63, 3.8) is 0 Å². The first kappa shape index (κ1) is 22.3. The Balaban J connectivity index is 0.00000280. The number of anilines is 1. The van der Waals surface area contributed by atoms with E-state index in [1.807, 2.05) is 23.1 Å². The SMILES string of the molecule is CCOC(=O)N1CCN(C(=NC)NCC(=O)N2CCc3ccccc32)CC1.I. The van der Waals surface area contributed by atoms with Crippen molar-refractivity contribution in [2.24, 2.45) is 4.99 Å². The van der Waals surface area contributed by atoms with E-state index in [0.717, 1.165) is 18.7 Å². The number of aliphatic imine (C=N–C) groups is 1. The molecule has 0 unspecified atom stereocenters. The van der Waals surface area contributed by atoms with Crippen LogP contribution in [0.1, 0.15) is 12.5 Å². The number of amides is 2. The Morgan fingerprint density at radius 2 is 1.79 bits per heavy atom. The fraction of sp³-hybridized carbons (Fsp3) is 0.526. The number of carbonyl (C=O) groups is 2. The number of piperazine rings is 1. The molecule has 2 heterocycles. The van der Waals surface area contributed by atoms with Crippen LogP contribution in [0.2, 0.25) is 0 Å². The van der Waals surface area contributed by atoms with E-state index in [9.17, 15) is 9.59 Å². The maximum absolute atomic E-state index is 12.6. The molecule has 2 amide bonds. The van der Waals surface area contributed by atoms with E-state index < -0.39 is 0 Å². The predicted molar refractivity (Wildman–Crippen MR) is 119 cm³/mol. The van der Waals surface area contributed by atoms with E-state index >= 15 is 0 Å². The van der Waals surface area contributed by atoms with Gasteiger partial charge in [-0.1, -0.05) is 18.2 Å². The van der Waals surface area contributed by atoms with Crippen molar-refractivity contribution >= 4 is 47.6 Å². The number of rotatable bonds is 3. The molecule has 0 spiro atoms. The van der Waals surface area contributed by atoms with Crippen LogP contribution in [0.5, 0.6) is 0 Å². The van der Waals surface area contributed by atoms with Gasteiger partial charge >= 0.3 is 6.09 Å². The van der Waals surface area contributed by atoms with E-state index in [1.165, 1.54) is 5.56 Å². The molecule has 2 aliphatic heterocycles. The van der Waals surface area contributed by atoms with Crippen LogP contribution in [0, 0.1) is 0 Å². The molecule has 1 aromatic rings. The maximum Gasteiger partial charge on any atom is 0.409 e. The van der Waals surface area contributed by atoms with Crippen molar-refractivity contribution in [1.29, 1.82) is 0 Å². The minimum absolute atomic E-state index is 0. The highest BCUT2D eigenvalue weighted by Crippen LogP contribution is 2.27. The second-order valence-electron chi connectivity index (χ2n) is 6.50. The Labute approximate surface area is 182 Å². The van der Waals surface area contributed by atoms with Gasteiger partial charge in [0.05, 0.1) is 13.2 Å². The van der Waals surface area contributed by atoms with Crippen LogP contribution < -0.4 is 10.2 Å². The van der Waals surface area contributed by atoms with Crippen molar-refractivity contribution in [1.82, 2.24) is 15.1 Å². The normalized spacial score (nSPS) is 16.4. The largest absolute Gasteiger partial charge is 0.450 e. The van der Waals surface area contributed by atoms with E-state index in [2.05, 4.69) is 21.3 Å². The van der Waals surface area contributed by atoms with Crippen molar-refractivity contribution < 1.29 is 14.3 Å². The third-order valence-electron chi connectivity index (χ3n) is 4.90. The zero-order valence-corrected chi connectivity index (χ0v) is 18.7. The van der Waals surface area contributed by atoms with Gasteiger partial charge in [-0.05, 0) is 25.0 Å². The van der Waals surface area contributed by atoms with Crippen LogP contribution in [0.3, 0.4) is 0 Å². The summed E-state index contributed by atoms with van der Waals surface area (Å²) < 4.78 is 5.04. The maximum atomic E-state index is 12.6. The van der Waals surface area contributed by atoms with Gasteiger partial charge in [0.1, 0.15) is 0 Å². The van der Waals surface area contributed by atoms with Crippen LogP contribution in [0.4, 0.5) is 10.5 Å². The van der Waals surface area contributed by atoms with Crippen LogP contribution in [0.15, 0.2) is 29.3 Å². The first-order chi connectivity index (χ1) is 13.1. The second-order valence-corrected chi connectivity index (χ2v) is 6.50. The molecule has 8 nitrogen and oxygen atoms in total. The van der Waals surface area contributed by atoms with Gasteiger partial charge < -0.3 is 24.8 Å². The van der Waals surface area contributed by atoms with Crippen LogP contribution in [-0.4, -0.2) is 80.7 Å². The van der Waals surface area contributed by atoms with Crippen LogP contribution in [-0.2, 0) is 16.0 Å². The molecular weight excluding hydrogens is 473 g/mol. The second kappa shape index (κ2) is 10.5. The topological polar surface area (TPSA) is 77.5 Å². The van der Waals surface area contributed by atoms with Crippen molar-refractivity contribution in [2.45, 2.75) is 13.3 Å². The lowest BCUT2D eigenvalue weighted by Gasteiger charge is -2.35. The molecule has 2 aliphatic rings. The molecule has 0 saturated carbocycles. The lowest BCUT2D eigenvalue weighted by Crippen LogP contribution is -2.55. The number of nitrogens with one attached hydrogen (secondary N) is 1. The predicted octanol–water partition coefficient (Wildman–Crippen LogP) is 1.54. The summed E-state index contributed by atoms with van der Waals surface area (Å²) in [5.41, 5.74) is 2.22. The zero-order valence-electron chi connectivity index (χ0n) is 16.4. The molecule has 0 aliphatic carbocycles. The minimum atomic E-state index is -0.275. The Morgan fingerprint density at radius 3 is 2.46 bits per heavy atom. The van der Waals surface area contributed by atoms with Gasteiger partial charge in [-0.25, -0.2) is 4.79 Å². The fourth-order valence-electron chi connectivity index (χ4n) is 3.50. The number of ether oxygens (including phenoxy) is 1. The molecule has 0 atom stereocenters. The summed E-state index contributed by atoms with van der Waals surface area (Å²) >= 11 is 0. The number of nitrogens with zero attached hydrogens (tertiary/aromatic N) is 4. The van der Waals surface area contributed by atoms with Crippen LogP contribution in [0.25, 0.3) is 0 Å². The number of carbonyl (C=O) groups excluding carboxylic acids is 2. The number of para-hydroxylation sites is 1. The molecule has 3 rings (SSSR count). The van der Waals surface area contributed by atoms with E-state index in [0.29, 0.717) is 38.7 Å². The lowest BCUT2D eigenvalue weighted by molar-refractivity contribution is -0.117. The Kier molecular flexibility index (Phi) is 8.34. The Morgan fingerprint density at radius 1 is 1.11 bits per heavy atom. The summed E-state index contributed by atoms with van der Waals surface area (Å²) in [4.78, 5) is 34.3. The van der Waals surface area contributed by atoms with Gasteiger partial charge in [0.2, 0.25) is 5.91 Å². The van der Waals surface area contributed by atoms with Crippen LogP contribution >= 0.6 is 24.0 Å². The van der Waals surface area contributed by atoms with Crippen molar-refractivity contribution in [3.8, 4) is 0 Å². The van der Waals surface area contributed by atoms with Gasteiger partial charge in [-0.3, -0.25) is 9.79 Å². The molecule has 1 saturated heterocycles. The summed E-state index contributed by atoms with van der Waals surface area (Å²) in [6.45, 7) is 5.55. The molecular formula is C19H28IN5O3. The molecule has 9 heteroatoms. The Bertz CT molecular complexity index is 719. The average molecular weight is 501 g/mol. The third kappa shape index (κ3) is 5.06. The number of hydrogen-bond acceptors (Lipinski definition) is 4. The van der Waals surface area contributed by atoms with E-state index in [1.54, 1.807) is 18.9 Å². The number of hydrogen-bond donors (Lipinski definition) is 1. The van der Waals surface area contributed by atoms with Gasteiger partial charge in [0.25, 0.3) is 0 Å². The van der Waals surface area contributed by atoms with Crippen molar-refractivity contribution in [2.75, 3.05) is 57.8 Å². The van der Waals surface area contributed by atoms with Gasteiger partial charge in [-0.15, -0.1) is 24.0 Å². The molecule has 154 valence electrons. The molecule has 0 radical (unpaired) electrons. The first-order valence-corrected chi connectivity index (χ1v) is 9.39. The van der Waals surface area contributed by atoms with Crippen molar-refractivity contribution in [3.05, 3.63) is 29.8 Å². The smallest absolute Gasteiger partial charge is 0.409 e. The molecule has 28 heavy (non-hydrogen) atoms. The molecule has 1 aromatic carbocycles. The molecule has 1 fully saturated rings. The summed E-state index contributed by atoms with van der Waals surface area (Å²) in [6.07, 6.45) is 0.620. The molecule has 0 bridgehead atoms. The minimum Gasteiger partial charge on any atom is -0.450 e. The highest BCUT2D eigenvalue weighted by Gasteiger charge is 2.26. The zero-order chi connectivity index (χ0) is 19.2. The summed E-state index contributed by atoms with van der Waals surface area (Å²) in [7, 11) is 1.70. The Hall–Kier alpha value is -2.04. The summed E-state index contributed by atoms with van der Waals surface area (Å²) in [6, 6.07) is 8.02. The van der Waals surface area contributed by atoms with E-state index in [-0.39, 0.29) is 42.5 Å². The lowest BCUT2D eigenvalue weighted by atomic mass is 10.2. The monoisotopic (exact) mass is 501 g/mol. The van der Waals surface area contributed by atoms with E-state index in [4.69, 9.17) is 4.74 Å². The average Bonchev–Trinajstić information content (AvgIpc) is 3.13. The number of benzene rings is 1. The molecule has 0 aromatic heterocycles. The standard InChI is InChI=1S/C19H27N5O3.HI/c1-3-27-19(26)23-12-10-22(11-13-23)18(20-2)21-14-17(25)24-9-8-15-6-4-5-7-16(15)24;/h4-7H,3,8-14H2,1-2H3,(H,20,21);1H. The van der Waals surface area contributed by atoms with Gasteiger partial charge in [0.15, 0.2) is 5.96 Å². The quantitative estimate of drug-likeness (QED) is 0.387. The van der Waals surface area contributed by atoms with Gasteiger partial charge in [0, 0.05) is 45.5 Å². The van der Waals surface area contributed by atoms with Gasteiger partial charge in [-0.2, -0.15) is 0 Å². The highest BCUT2D eigenvalue weighted by molar-refractivity contribution is 14.0. The highest BCUT2D eigenvalue weighted by atomic mass is 127. The third-order valence-corrected chi connectivity index (χ3v) is 4.90. The molecule has 1 N–H and O–H groups in total. The fourth-order valence-corrected chi connectivity index (χ4v) is 3.50. The number of fused-ring (bicyclic) bond motifs is 1. The first-order valence-electron chi connectivity index (χ1n) is 9.39. The summed E-state index contributed by atoms with van der Waals surface area (Å²) in [5, 5.41) is 3.17. The number of guanidine groups is 1.